The SMILES string of the molecule is CCOc1ccc(OCCCOc2ccc(Cl)c(C)c2)cc1. The van der Waals surface area contributed by atoms with Crippen LogP contribution >= 0.6 is 11.6 Å². The molecule has 0 bridgehead atoms. The first kappa shape index (κ1) is 16.5. The van der Waals surface area contributed by atoms with Gasteiger partial charge in [0, 0.05) is 11.4 Å². The molecule has 0 spiro atoms. The van der Waals surface area contributed by atoms with Gasteiger partial charge in [-0.1, -0.05) is 11.6 Å². The molecular formula is C18H21ClO3. The van der Waals surface area contributed by atoms with Crippen molar-refractivity contribution in [1.82, 2.24) is 0 Å². The third-order valence-corrected chi connectivity index (χ3v) is 3.51. The van der Waals surface area contributed by atoms with Gasteiger partial charge in [0.15, 0.2) is 0 Å². The van der Waals surface area contributed by atoms with E-state index in [1.807, 2.05) is 56.3 Å². The molecular weight excluding hydrogens is 300 g/mol. The molecule has 0 atom stereocenters. The van der Waals surface area contributed by atoms with Crippen LogP contribution < -0.4 is 14.2 Å². The van der Waals surface area contributed by atoms with Gasteiger partial charge in [0.2, 0.25) is 0 Å². The first-order chi connectivity index (χ1) is 10.7. The van der Waals surface area contributed by atoms with Crippen molar-refractivity contribution in [3.8, 4) is 17.2 Å². The Morgan fingerprint density at radius 2 is 1.36 bits per heavy atom. The Labute approximate surface area is 136 Å². The van der Waals surface area contributed by atoms with Crippen LogP contribution in [0.3, 0.4) is 0 Å². The maximum absolute atomic E-state index is 5.98. The zero-order valence-corrected chi connectivity index (χ0v) is 13.7. The van der Waals surface area contributed by atoms with E-state index in [1.54, 1.807) is 0 Å². The molecule has 4 heteroatoms. The van der Waals surface area contributed by atoms with Gasteiger partial charge < -0.3 is 14.2 Å². The second kappa shape index (κ2) is 8.54. The van der Waals surface area contributed by atoms with Gasteiger partial charge in [0.1, 0.15) is 17.2 Å². The zero-order chi connectivity index (χ0) is 15.8. The van der Waals surface area contributed by atoms with Gasteiger partial charge in [-0.2, -0.15) is 0 Å². The van der Waals surface area contributed by atoms with E-state index in [1.165, 1.54) is 0 Å². The van der Waals surface area contributed by atoms with E-state index in [-0.39, 0.29) is 0 Å². The molecule has 22 heavy (non-hydrogen) atoms. The number of hydrogen-bond donors (Lipinski definition) is 0. The van der Waals surface area contributed by atoms with E-state index >= 15 is 0 Å². The maximum Gasteiger partial charge on any atom is 0.119 e. The fourth-order valence-electron chi connectivity index (χ4n) is 1.94. The Kier molecular flexibility index (Phi) is 6.41. The summed E-state index contributed by atoms with van der Waals surface area (Å²) >= 11 is 5.98. The Morgan fingerprint density at radius 3 is 1.95 bits per heavy atom. The molecule has 0 aliphatic rings. The smallest absolute Gasteiger partial charge is 0.119 e. The molecule has 0 unspecified atom stereocenters. The minimum atomic E-state index is 0.609. The second-order valence-corrected chi connectivity index (χ2v) is 5.27. The predicted molar refractivity (Wildman–Crippen MR) is 89.4 cm³/mol. The first-order valence-corrected chi connectivity index (χ1v) is 7.81. The quantitative estimate of drug-likeness (QED) is 0.648. The summed E-state index contributed by atoms with van der Waals surface area (Å²) in [6, 6.07) is 13.3. The summed E-state index contributed by atoms with van der Waals surface area (Å²) in [4.78, 5) is 0. The first-order valence-electron chi connectivity index (χ1n) is 7.43. The van der Waals surface area contributed by atoms with Crippen molar-refractivity contribution in [2.45, 2.75) is 20.3 Å². The molecule has 118 valence electrons. The van der Waals surface area contributed by atoms with Crippen LogP contribution in [-0.2, 0) is 0 Å². The van der Waals surface area contributed by atoms with E-state index in [2.05, 4.69) is 0 Å². The predicted octanol–water partition coefficient (Wildman–Crippen LogP) is 4.90. The van der Waals surface area contributed by atoms with Crippen molar-refractivity contribution in [2.75, 3.05) is 19.8 Å². The zero-order valence-electron chi connectivity index (χ0n) is 13.0. The van der Waals surface area contributed by atoms with Crippen molar-refractivity contribution in [1.29, 1.82) is 0 Å². The van der Waals surface area contributed by atoms with Crippen LogP contribution in [0.5, 0.6) is 17.2 Å². The van der Waals surface area contributed by atoms with Gasteiger partial charge >= 0.3 is 0 Å². The highest BCUT2D eigenvalue weighted by molar-refractivity contribution is 6.31. The van der Waals surface area contributed by atoms with Crippen LogP contribution in [0.2, 0.25) is 5.02 Å². The minimum Gasteiger partial charge on any atom is -0.494 e. The van der Waals surface area contributed by atoms with E-state index in [0.717, 1.165) is 34.3 Å². The van der Waals surface area contributed by atoms with Crippen molar-refractivity contribution < 1.29 is 14.2 Å². The number of ether oxygens (including phenoxy) is 3. The maximum atomic E-state index is 5.98. The number of halogens is 1. The normalized spacial score (nSPS) is 10.3. The lowest BCUT2D eigenvalue weighted by Gasteiger charge is -2.09. The topological polar surface area (TPSA) is 27.7 Å². The number of rotatable bonds is 8. The molecule has 0 aliphatic carbocycles. The van der Waals surface area contributed by atoms with Gasteiger partial charge in [0.05, 0.1) is 19.8 Å². The van der Waals surface area contributed by atoms with Crippen LogP contribution in [0.4, 0.5) is 0 Å². The van der Waals surface area contributed by atoms with Crippen LogP contribution in [0.1, 0.15) is 18.9 Å². The minimum absolute atomic E-state index is 0.609. The van der Waals surface area contributed by atoms with Crippen molar-refractivity contribution in [3.63, 3.8) is 0 Å². The average molecular weight is 321 g/mol. The third-order valence-electron chi connectivity index (χ3n) is 3.09. The molecule has 3 nitrogen and oxygen atoms in total. The van der Waals surface area contributed by atoms with Crippen LogP contribution in [-0.4, -0.2) is 19.8 Å². The fraction of sp³-hybridized carbons (Fsp3) is 0.333. The largest absolute Gasteiger partial charge is 0.494 e. The van der Waals surface area contributed by atoms with Gasteiger partial charge in [-0.15, -0.1) is 0 Å². The van der Waals surface area contributed by atoms with E-state index < -0.39 is 0 Å². The van der Waals surface area contributed by atoms with E-state index in [4.69, 9.17) is 25.8 Å². The second-order valence-electron chi connectivity index (χ2n) is 4.87. The molecule has 2 aromatic rings. The van der Waals surface area contributed by atoms with Crippen molar-refractivity contribution in [2.24, 2.45) is 0 Å². The molecule has 2 rings (SSSR count). The monoisotopic (exact) mass is 320 g/mol. The summed E-state index contributed by atoms with van der Waals surface area (Å²) in [5.41, 5.74) is 1.02. The average Bonchev–Trinajstić information content (AvgIpc) is 2.52. The summed E-state index contributed by atoms with van der Waals surface area (Å²) in [6.07, 6.45) is 0.814. The summed E-state index contributed by atoms with van der Waals surface area (Å²) < 4.78 is 16.7. The standard InChI is InChI=1S/C18H21ClO3/c1-3-20-15-5-7-16(8-6-15)21-11-4-12-22-17-9-10-18(19)14(2)13-17/h5-10,13H,3-4,11-12H2,1-2H3. The summed E-state index contributed by atoms with van der Waals surface area (Å²) in [7, 11) is 0. The molecule has 0 aliphatic heterocycles. The molecule has 0 fully saturated rings. The van der Waals surface area contributed by atoms with Crippen LogP contribution in [0.15, 0.2) is 42.5 Å². The fourth-order valence-corrected chi connectivity index (χ4v) is 2.06. The van der Waals surface area contributed by atoms with Crippen LogP contribution in [0, 0.1) is 6.92 Å². The van der Waals surface area contributed by atoms with Gasteiger partial charge in [-0.3, -0.25) is 0 Å². The van der Waals surface area contributed by atoms with Gasteiger partial charge in [-0.05, 0) is 61.9 Å². The van der Waals surface area contributed by atoms with E-state index in [0.29, 0.717) is 19.8 Å². The van der Waals surface area contributed by atoms with Crippen molar-refractivity contribution in [3.05, 3.63) is 53.1 Å². The molecule has 0 N–H and O–H groups in total. The Hall–Kier alpha value is -1.87. The number of hydrogen-bond acceptors (Lipinski definition) is 3. The summed E-state index contributed by atoms with van der Waals surface area (Å²) in [5, 5.41) is 0.756. The van der Waals surface area contributed by atoms with E-state index in [9.17, 15) is 0 Å². The Bertz CT molecular complexity index is 581. The Balaban J connectivity index is 1.67. The molecule has 2 aromatic carbocycles. The van der Waals surface area contributed by atoms with Gasteiger partial charge in [-0.25, -0.2) is 0 Å². The molecule has 0 aromatic heterocycles. The number of aryl methyl sites for hydroxylation is 1. The molecule has 0 saturated carbocycles. The molecule has 0 radical (unpaired) electrons. The van der Waals surface area contributed by atoms with Crippen molar-refractivity contribution >= 4 is 11.6 Å². The lowest BCUT2D eigenvalue weighted by Crippen LogP contribution is -2.05. The highest BCUT2D eigenvalue weighted by atomic mass is 35.5. The molecule has 0 amide bonds. The lowest BCUT2D eigenvalue weighted by molar-refractivity contribution is 0.247. The molecule has 0 heterocycles. The van der Waals surface area contributed by atoms with Gasteiger partial charge in [0.25, 0.3) is 0 Å². The van der Waals surface area contributed by atoms with Crippen LogP contribution in [0.25, 0.3) is 0 Å². The molecule has 0 saturated heterocycles. The highest BCUT2D eigenvalue weighted by Crippen LogP contribution is 2.21. The highest BCUT2D eigenvalue weighted by Gasteiger charge is 1.99. The Morgan fingerprint density at radius 1 is 0.818 bits per heavy atom. The third kappa shape index (κ3) is 5.15. The summed E-state index contributed by atoms with van der Waals surface area (Å²) in [5.74, 6) is 2.53. The summed E-state index contributed by atoms with van der Waals surface area (Å²) in [6.45, 7) is 5.82. The number of benzene rings is 2. The lowest BCUT2D eigenvalue weighted by atomic mass is 10.2.